The molecule has 2 aromatic carbocycles. The number of fused-ring (bicyclic) bond motifs is 1. The van der Waals surface area contributed by atoms with Crippen molar-refractivity contribution in [1.29, 1.82) is 0 Å². The van der Waals surface area contributed by atoms with Crippen LogP contribution in [0.4, 0.5) is 15.8 Å². The highest BCUT2D eigenvalue weighted by Crippen LogP contribution is 2.34. The minimum Gasteiger partial charge on any atom is -0.376 e. The lowest BCUT2D eigenvalue weighted by atomic mass is 10.2. The normalized spacial score (nSPS) is 13.6. The molecule has 114 valence electrons. The first-order chi connectivity index (χ1) is 10.6. The average Bonchev–Trinajstić information content (AvgIpc) is 2.55. The molecule has 0 radical (unpaired) electrons. The van der Waals surface area contributed by atoms with Crippen molar-refractivity contribution in [2.75, 3.05) is 29.1 Å². The molecule has 0 bridgehead atoms. The monoisotopic (exact) mass is 316 g/mol. The molecule has 1 heterocycles. The van der Waals surface area contributed by atoms with E-state index in [1.165, 1.54) is 12.1 Å². The summed E-state index contributed by atoms with van der Waals surface area (Å²) >= 11 is 1.76. The number of nitrogens with zero attached hydrogens (tertiary/aromatic N) is 1. The Morgan fingerprint density at radius 2 is 2.14 bits per heavy atom. The maximum atomic E-state index is 13.3. The molecule has 0 saturated carbocycles. The van der Waals surface area contributed by atoms with E-state index in [0.29, 0.717) is 12.2 Å². The van der Waals surface area contributed by atoms with Gasteiger partial charge in [-0.05, 0) is 36.8 Å². The number of anilines is 2. The Hall–Kier alpha value is -2.01. The molecule has 22 heavy (non-hydrogen) atoms. The van der Waals surface area contributed by atoms with Crippen molar-refractivity contribution in [1.82, 2.24) is 0 Å². The fraction of sp³-hybridized carbons (Fsp3) is 0.235. The van der Waals surface area contributed by atoms with Crippen LogP contribution in [0.2, 0.25) is 0 Å². The Labute approximate surface area is 133 Å². The van der Waals surface area contributed by atoms with Crippen molar-refractivity contribution >= 4 is 29.0 Å². The van der Waals surface area contributed by atoms with E-state index in [9.17, 15) is 9.18 Å². The number of hydrogen-bond donors (Lipinski definition) is 1. The molecule has 1 N–H and O–H groups in total. The van der Waals surface area contributed by atoms with E-state index in [4.69, 9.17) is 0 Å². The van der Waals surface area contributed by atoms with Gasteiger partial charge in [0.05, 0.1) is 12.2 Å². The highest BCUT2D eigenvalue weighted by molar-refractivity contribution is 7.99. The maximum Gasteiger partial charge on any atom is 0.246 e. The highest BCUT2D eigenvalue weighted by atomic mass is 32.2. The van der Waals surface area contributed by atoms with Crippen molar-refractivity contribution in [2.24, 2.45) is 0 Å². The summed E-state index contributed by atoms with van der Waals surface area (Å²) < 4.78 is 13.3. The number of nitrogens with one attached hydrogen (secondary N) is 1. The van der Waals surface area contributed by atoms with Crippen LogP contribution in [-0.2, 0) is 4.79 Å². The summed E-state index contributed by atoms with van der Waals surface area (Å²) in [5.41, 5.74) is 2.54. The number of hydrogen-bond acceptors (Lipinski definition) is 3. The summed E-state index contributed by atoms with van der Waals surface area (Å²) in [6.07, 6.45) is 0. The van der Waals surface area contributed by atoms with E-state index < -0.39 is 0 Å². The van der Waals surface area contributed by atoms with Crippen LogP contribution in [0.15, 0.2) is 47.4 Å². The van der Waals surface area contributed by atoms with Crippen LogP contribution < -0.4 is 10.2 Å². The number of thioether (sulfide) groups is 1. The number of halogens is 1. The molecular weight excluding hydrogens is 299 g/mol. The molecule has 5 heteroatoms. The second kappa shape index (κ2) is 6.40. The van der Waals surface area contributed by atoms with Crippen molar-refractivity contribution in [2.45, 2.75) is 11.8 Å². The van der Waals surface area contributed by atoms with Gasteiger partial charge in [0.25, 0.3) is 0 Å². The standard InChI is InChI=1S/C17H17FN2OS/c1-12-6-7-13(18)10-14(12)19-11-17(21)20-8-9-22-16-5-3-2-4-15(16)20/h2-7,10,19H,8-9,11H2,1H3. The summed E-state index contributed by atoms with van der Waals surface area (Å²) in [5.74, 6) is 0.582. The minimum atomic E-state index is -0.305. The smallest absolute Gasteiger partial charge is 0.246 e. The molecule has 3 rings (SSSR count). The molecule has 0 atom stereocenters. The molecule has 0 saturated heterocycles. The topological polar surface area (TPSA) is 32.3 Å². The number of benzene rings is 2. The summed E-state index contributed by atoms with van der Waals surface area (Å²) in [5, 5.41) is 3.04. The van der Waals surface area contributed by atoms with Gasteiger partial charge < -0.3 is 10.2 Å². The molecule has 2 aromatic rings. The quantitative estimate of drug-likeness (QED) is 0.937. The Bertz CT molecular complexity index is 705. The van der Waals surface area contributed by atoms with E-state index >= 15 is 0 Å². The predicted molar refractivity (Wildman–Crippen MR) is 89.1 cm³/mol. The highest BCUT2D eigenvalue weighted by Gasteiger charge is 2.22. The summed E-state index contributed by atoms with van der Waals surface area (Å²) in [7, 11) is 0. The summed E-state index contributed by atoms with van der Waals surface area (Å²) in [6.45, 7) is 2.74. The number of aryl methyl sites for hydroxylation is 1. The van der Waals surface area contributed by atoms with Crippen LogP contribution in [0.5, 0.6) is 0 Å². The predicted octanol–water partition coefficient (Wildman–Crippen LogP) is 3.68. The van der Waals surface area contributed by atoms with E-state index in [-0.39, 0.29) is 18.3 Å². The van der Waals surface area contributed by atoms with E-state index in [1.807, 2.05) is 31.2 Å². The number of carbonyl (C=O) groups is 1. The first kappa shape index (κ1) is 14.9. The molecule has 1 aliphatic rings. The van der Waals surface area contributed by atoms with Gasteiger partial charge in [-0.2, -0.15) is 0 Å². The first-order valence-electron chi connectivity index (χ1n) is 7.17. The third-order valence-corrected chi connectivity index (χ3v) is 4.70. The zero-order chi connectivity index (χ0) is 15.5. The number of para-hydroxylation sites is 1. The van der Waals surface area contributed by atoms with Gasteiger partial charge >= 0.3 is 0 Å². The van der Waals surface area contributed by atoms with Crippen LogP contribution >= 0.6 is 11.8 Å². The van der Waals surface area contributed by atoms with Gasteiger partial charge in [-0.25, -0.2) is 4.39 Å². The van der Waals surface area contributed by atoms with Gasteiger partial charge in [-0.1, -0.05) is 18.2 Å². The number of amides is 1. The van der Waals surface area contributed by atoms with Crippen LogP contribution in [0.25, 0.3) is 0 Å². The van der Waals surface area contributed by atoms with Crippen molar-refractivity contribution < 1.29 is 9.18 Å². The Balaban J connectivity index is 1.72. The summed E-state index contributed by atoms with van der Waals surface area (Å²) in [6, 6.07) is 12.5. The molecule has 3 nitrogen and oxygen atoms in total. The van der Waals surface area contributed by atoms with Gasteiger partial charge in [0.15, 0.2) is 0 Å². The van der Waals surface area contributed by atoms with Crippen molar-refractivity contribution in [3.63, 3.8) is 0 Å². The van der Waals surface area contributed by atoms with Crippen molar-refractivity contribution in [3.05, 3.63) is 53.8 Å². The molecular formula is C17H17FN2OS. The minimum absolute atomic E-state index is 0.00332. The van der Waals surface area contributed by atoms with Crippen LogP contribution in [0, 0.1) is 12.7 Å². The van der Waals surface area contributed by atoms with Gasteiger partial charge in [-0.15, -0.1) is 11.8 Å². The van der Waals surface area contributed by atoms with Crippen LogP contribution in [-0.4, -0.2) is 24.7 Å². The first-order valence-corrected chi connectivity index (χ1v) is 8.16. The maximum absolute atomic E-state index is 13.3. The van der Waals surface area contributed by atoms with E-state index in [0.717, 1.165) is 21.9 Å². The second-order valence-corrected chi connectivity index (χ2v) is 6.31. The SMILES string of the molecule is Cc1ccc(F)cc1NCC(=O)N1CCSc2ccccc21. The zero-order valence-corrected chi connectivity index (χ0v) is 13.1. The second-order valence-electron chi connectivity index (χ2n) is 5.17. The van der Waals surface area contributed by atoms with Gasteiger partial charge in [0, 0.05) is 22.9 Å². The Kier molecular flexibility index (Phi) is 4.34. The average molecular weight is 316 g/mol. The molecule has 0 unspecified atom stereocenters. The van der Waals surface area contributed by atoms with Gasteiger partial charge in [0.2, 0.25) is 5.91 Å². The third-order valence-electron chi connectivity index (χ3n) is 3.66. The lowest BCUT2D eigenvalue weighted by molar-refractivity contribution is -0.117. The molecule has 1 aliphatic heterocycles. The number of rotatable bonds is 3. The Morgan fingerprint density at radius 3 is 3.00 bits per heavy atom. The Morgan fingerprint density at radius 1 is 1.32 bits per heavy atom. The lowest BCUT2D eigenvalue weighted by Gasteiger charge is -2.29. The third kappa shape index (κ3) is 3.09. The summed E-state index contributed by atoms with van der Waals surface area (Å²) in [4.78, 5) is 15.4. The van der Waals surface area contributed by atoms with Crippen LogP contribution in [0.3, 0.4) is 0 Å². The van der Waals surface area contributed by atoms with Crippen molar-refractivity contribution in [3.8, 4) is 0 Å². The molecule has 1 amide bonds. The zero-order valence-electron chi connectivity index (χ0n) is 12.3. The molecule has 0 aliphatic carbocycles. The van der Waals surface area contributed by atoms with E-state index in [2.05, 4.69) is 5.32 Å². The fourth-order valence-electron chi connectivity index (χ4n) is 2.48. The molecule has 0 fully saturated rings. The van der Waals surface area contributed by atoms with Crippen LogP contribution in [0.1, 0.15) is 5.56 Å². The van der Waals surface area contributed by atoms with E-state index in [1.54, 1.807) is 22.7 Å². The number of carbonyl (C=O) groups excluding carboxylic acids is 1. The molecule has 0 spiro atoms. The molecule has 0 aromatic heterocycles. The largest absolute Gasteiger partial charge is 0.376 e. The lowest BCUT2D eigenvalue weighted by Crippen LogP contribution is -2.39. The van der Waals surface area contributed by atoms with Gasteiger partial charge in [0.1, 0.15) is 5.82 Å². The fourth-order valence-corrected chi connectivity index (χ4v) is 3.47. The van der Waals surface area contributed by atoms with Gasteiger partial charge in [-0.3, -0.25) is 4.79 Å².